The first-order chi connectivity index (χ1) is 9.42. The lowest BCUT2D eigenvalue weighted by Crippen LogP contribution is -2.32. The summed E-state index contributed by atoms with van der Waals surface area (Å²) in [5.41, 5.74) is 5.51. The molecule has 0 amide bonds. The summed E-state index contributed by atoms with van der Waals surface area (Å²) in [6.07, 6.45) is 1.05. The van der Waals surface area contributed by atoms with Crippen molar-refractivity contribution in [2.45, 2.75) is 37.8 Å². The second kappa shape index (κ2) is 6.53. The molecule has 1 aliphatic rings. The van der Waals surface area contributed by atoms with Crippen LogP contribution in [0.15, 0.2) is 16.3 Å². The van der Waals surface area contributed by atoms with E-state index >= 15 is 0 Å². The summed E-state index contributed by atoms with van der Waals surface area (Å²) in [5, 5.41) is 1.65. The maximum Gasteiger partial charge on any atom is 0.241 e. The molecule has 0 radical (unpaired) electrons. The predicted molar refractivity (Wildman–Crippen MR) is 82.2 cm³/mol. The van der Waals surface area contributed by atoms with E-state index in [-0.39, 0.29) is 0 Å². The molecule has 0 bridgehead atoms. The minimum atomic E-state index is -3.39. The summed E-state index contributed by atoms with van der Waals surface area (Å²) in [6, 6.07) is 2.18. The van der Waals surface area contributed by atoms with Crippen LogP contribution in [0.1, 0.15) is 25.1 Å². The molecule has 20 heavy (non-hydrogen) atoms. The third-order valence-electron chi connectivity index (χ3n) is 3.75. The fraction of sp³-hybridized carbons (Fsp3) is 0.692. The number of hydrogen-bond donors (Lipinski definition) is 2. The number of nitrogens with zero attached hydrogens (tertiary/aromatic N) is 1. The summed E-state index contributed by atoms with van der Waals surface area (Å²) in [6.45, 7) is 7.27. The molecule has 1 aliphatic heterocycles. The lowest BCUT2D eigenvalue weighted by atomic mass is 10.1. The van der Waals surface area contributed by atoms with Crippen LogP contribution < -0.4 is 10.5 Å². The number of nitrogens with two attached hydrogens (primary N) is 1. The van der Waals surface area contributed by atoms with E-state index in [0.717, 1.165) is 24.4 Å². The van der Waals surface area contributed by atoms with Gasteiger partial charge in [0.1, 0.15) is 0 Å². The molecule has 1 atom stereocenters. The Hall–Kier alpha value is -0.470. The monoisotopic (exact) mass is 317 g/mol. The molecule has 1 aromatic heterocycles. The van der Waals surface area contributed by atoms with Crippen LogP contribution >= 0.6 is 11.3 Å². The van der Waals surface area contributed by atoms with Crippen molar-refractivity contribution in [1.29, 1.82) is 0 Å². The molecular weight excluding hydrogens is 294 g/mol. The lowest BCUT2D eigenvalue weighted by Gasteiger charge is -2.20. The van der Waals surface area contributed by atoms with Crippen LogP contribution in [0.3, 0.4) is 0 Å². The average Bonchev–Trinajstić information content (AvgIpc) is 3.05. The van der Waals surface area contributed by atoms with E-state index in [1.165, 1.54) is 11.3 Å². The van der Waals surface area contributed by atoms with E-state index in [9.17, 15) is 8.42 Å². The van der Waals surface area contributed by atoms with Crippen molar-refractivity contribution in [2.75, 3.05) is 19.6 Å². The molecule has 114 valence electrons. The Morgan fingerprint density at radius 3 is 2.85 bits per heavy atom. The Bertz CT molecular complexity index is 540. The zero-order valence-electron chi connectivity index (χ0n) is 12.0. The summed E-state index contributed by atoms with van der Waals surface area (Å²) >= 11 is 1.39. The Kier molecular flexibility index (Phi) is 5.19. The number of thiophene rings is 1. The van der Waals surface area contributed by atoms with Crippen LogP contribution in [0.4, 0.5) is 0 Å². The van der Waals surface area contributed by atoms with Crippen LogP contribution in [0, 0.1) is 5.92 Å². The largest absolute Gasteiger partial charge is 0.326 e. The topological polar surface area (TPSA) is 75.4 Å². The minimum Gasteiger partial charge on any atom is -0.326 e. The highest BCUT2D eigenvalue weighted by Gasteiger charge is 2.26. The van der Waals surface area contributed by atoms with E-state index in [1.54, 1.807) is 11.4 Å². The molecule has 1 aromatic rings. The first-order valence-electron chi connectivity index (χ1n) is 6.93. The highest BCUT2D eigenvalue weighted by molar-refractivity contribution is 7.89. The highest BCUT2D eigenvalue weighted by Crippen LogP contribution is 2.21. The van der Waals surface area contributed by atoms with Gasteiger partial charge in [-0.3, -0.25) is 0 Å². The first-order valence-corrected chi connectivity index (χ1v) is 9.30. The van der Waals surface area contributed by atoms with Crippen molar-refractivity contribution >= 4 is 21.4 Å². The van der Waals surface area contributed by atoms with Gasteiger partial charge in [-0.15, -0.1) is 11.3 Å². The Balaban J connectivity index is 1.90. The van der Waals surface area contributed by atoms with Gasteiger partial charge < -0.3 is 10.6 Å². The van der Waals surface area contributed by atoms with Crippen LogP contribution in [0.2, 0.25) is 0 Å². The van der Waals surface area contributed by atoms with Gasteiger partial charge in [0, 0.05) is 35.9 Å². The fourth-order valence-corrected chi connectivity index (χ4v) is 4.69. The predicted octanol–water partition coefficient (Wildman–Crippen LogP) is 1.22. The molecule has 0 aliphatic carbocycles. The van der Waals surface area contributed by atoms with E-state index in [0.29, 0.717) is 29.9 Å². The molecule has 2 heterocycles. The van der Waals surface area contributed by atoms with Crippen molar-refractivity contribution < 1.29 is 8.42 Å². The average molecular weight is 317 g/mol. The molecule has 0 spiro atoms. The molecule has 0 saturated carbocycles. The summed E-state index contributed by atoms with van der Waals surface area (Å²) < 4.78 is 27.1. The Labute approximate surface area is 125 Å². The zero-order chi connectivity index (χ0) is 14.8. The number of nitrogens with one attached hydrogen (secondary N) is 1. The number of rotatable bonds is 6. The Morgan fingerprint density at radius 2 is 2.30 bits per heavy atom. The zero-order valence-corrected chi connectivity index (χ0v) is 13.6. The second-order valence-electron chi connectivity index (χ2n) is 5.55. The molecular formula is C13H23N3O2S2. The Morgan fingerprint density at radius 1 is 1.55 bits per heavy atom. The fourth-order valence-electron chi connectivity index (χ4n) is 2.42. The van der Waals surface area contributed by atoms with E-state index in [2.05, 4.69) is 23.5 Å². The number of hydrogen-bond acceptors (Lipinski definition) is 5. The van der Waals surface area contributed by atoms with E-state index < -0.39 is 10.0 Å². The van der Waals surface area contributed by atoms with Crippen LogP contribution in [-0.2, 0) is 16.6 Å². The third-order valence-corrected chi connectivity index (χ3v) is 6.26. The molecule has 3 N–H and O–H groups in total. The SMILES string of the molecule is CC(C)N1CCC(CNS(=O)(=O)c2csc(CN)c2)C1. The van der Waals surface area contributed by atoms with Gasteiger partial charge in [0.05, 0.1) is 4.90 Å². The van der Waals surface area contributed by atoms with Gasteiger partial charge in [0.25, 0.3) is 0 Å². The minimum absolute atomic E-state index is 0.335. The van der Waals surface area contributed by atoms with E-state index in [1.807, 2.05) is 0 Å². The van der Waals surface area contributed by atoms with Gasteiger partial charge in [-0.25, -0.2) is 13.1 Å². The van der Waals surface area contributed by atoms with Gasteiger partial charge in [-0.2, -0.15) is 0 Å². The third kappa shape index (κ3) is 3.79. The molecule has 1 saturated heterocycles. The standard InChI is InChI=1S/C13H23N3O2S2/c1-10(2)16-4-3-11(8-16)7-15-20(17,18)13-5-12(6-14)19-9-13/h5,9-11,15H,3-4,6-8,14H2,1-2H3. The maximum absolute atomic E-state index is 12.2. The first kappa shape index (κ1) is 15.9. The van der Waals surface area contributed by atoms with Gasteiger partial charge in [-0.1, -0.05) is 0 Å². The molecule has 2 rings (SSSR count). The van der Waals surface area contributed by atoms with E-state index in [4.69, 9.17) is 5.73 Å². The lowest BCUT2D eigenvalue weighted by molar-refractivity contribution is 0.265. The van der Waals surface area contributed by atoms with Crippen LogP contribution in [-0.4, -0.2) is 39.0 Å². The van der Waals surface area contributed by atoms with Crippen molar-refractivity contribution in [2.24, 2.45) is 11.7 Å². The highest BCUT2D eigenvalue weighted by atomic mass is 32.2. The number of sulfonamides is 1. The van der Waals surface area contributed by atoms with Gasteiger partial charge >= 0.3 is 0 Å². The maximum atomic E-state index is 12.2. The van der Waals surface area contributed by atoms with Gasteiger partial charge in [0.2, 0.25) is 10.0 Å². The van der Waals surface area contributed by atoms with Crippen LogP contribution in [0.5, 0.6) is 0 Å². The van der Waals surface area contributed by atoms with Crippen molar-refractivity contribution in [3.8, 4) is 0 Å². The normalized spacial score (nSPS) is 20.9. The molecule has 7 heteroatoms. The summed E-state index contributed by atoms with van der Waals surface area (Å²) in [5.74, 6) is 0.403. The van der Waals surface area contributed by atoms with Gasteiger partial charge in [-0.05, 0) is 38.8 Å². The second-order valence-corrected chi connectivity index (χ2v) is 8.31. The summed E-state index contributed by atoms with van der Waals surface area (Å²) in [7, 11) is -3.39. The van der Waals surface area contributed by atoms with Crippen molar-refractivity contribution in [3.63, 3.8) is 0 Å². The molecule has 0 aromatic carbocycles. The quantitative estimate of drug-likeness (QED) is 0.827. The number of likely N-dealkylation sites (tertiary alicyclic amines) is 1. The molecule has 1 unspecified atom stereocenters. The molecule has 1 fully saturated rings. The van der Waals surface area contributed by atoms with Crippen molar-refractivity contribution in [1.82, 2.24) is 9.62 Å². The summed E-state index contributed by atoms with van der Waals surface area (Å²) in [4.78, 5) is 3.61. The van der Waals surface area contributed by atoms with Gasteiger partial charge in [0.15, 0.2) is 0 Å². The van der Waals surface area contributed by atoms with Crippen LogP contribution in [0.25, 0.3) is 0 Å². The molecule has 5 nitrogen and oxygen atoms in total. The smallest absolute Gasteiger partial charge is 0.241 e. The van der Waals surface area contributed by atoms with Crippen molar-refractivity contribution in [3.05, 3.63) is 16.3 Å².